The first-order valence-electron chi connectivity index (χ1n) is 10.2. The number of thioether (sulfide) groups is 1. The van der Waals surface area contributed by atoms with E-state index in [0.717, 1.165) is 11.1 Å². The lowest BCUT2D eigenvalue weighted by Gasteiger charge is -2.25. The number of benzene rings is 1. The van der Waals surface area contributed by atoms with Gasteiger partial charge in [-0.25, -0.2) is 4.68 Å². The molecule has 0 amide bonds. The van der Waals surface area contributed by atoms with Gasteiger partial charge >= 0.3 is 11.9 Å². The van der Waals surface area contributed by atoms with Gasteiger partial charge in [-0.05, 0) is 31.9 Å². The van der Waals surface area contributed by atoms with Crippen LogP contribution in [0.5, 0.6) is 0 Å². The Morgan fingerprint density at radius 1 is 1.12 bits per heavy atom. The van der Waals surface area contributed by atoms with Crippen molar-refractivity contribution in [2.75, 3.05) is 6.61 Å². The minimum absolute atomic E-state index is 0.140. The average Bonchev–Trinajstić information content (AvgIpc) is 2.71. The maximum Gasteiger partial charge on any atom is 0.306 e. The number of rotatable bonds is 9. The van der Waals surface area contributed by atoms with Crippen molar-refractivity contribution in [2.45, 2.75) is 69.1 Å². The fourth-order valence-electron chi connectivity index (χ4n) is 2.83. The topological polar surface area (TPSA) is 98.5 Å². The van der Waals surface area contributed by atoms with Gasteiger partial charge < -0.3 is 9.84 Å². The molecule has 0 aliphatic heterocycles. The third-order valence-electron chi connectivity index (χ3n) is 4.79. The predicted molar refractivity (Wildman–Crippen MR) is 125 cm³/mol. The largest absolute Gasteiger partial charge is 0.481 e. The summed E-state index contributed by atoms with van der Waals surface area (Å²) in [5.74, 6) is -0.930. The van der Waals surface area contributed by atoms with Crippen molar-refractivity contribution >= 4 is 35.3 Å². The Morgan fingerprint density at radius 3 is 2.31 bits per heavy atom. The van der Waals surface area contributed by atoms with Crippen LogP contribution in [0.4, 0.5) is 0 Å². The van der Waals surface area contributed by atoms with Crippen LogP contribution in [0.15, 0.2) is 40.2 Å². The number of esters is 1. The van der Waals surface area contributed by atoms with Crippen LogP contribution in [0.2, 0.25) is 5.02 Å². The summed E-state index contributed by atoms with van der Waals surface area (Å²) >= 11 is 7.73. The van der Waals surface area contributed by atoms with Gasteiger partial charge in [-0.1, -0.05) is 49.7 Å². The molecule has 0 spiro atoms. The SMILES string of the molecule is CC(C)(COC(=O)CCC(=O)O)c1ccc(CSc2cnn(C(C)(C)C)c(=O)c2Cl)cc1. The molecule has 0 unspecified atom stereocenters. The highest BCUT2D eigenvalue weighted by molar-refractivity contribution is 7.98. The zero-order valence-corrected chi connectivity index (χ0v) is 20.5. The van der Waals surface area contributed by atoms with Crippen LogP contribution in [0.3, 0.4) is 0 Å². The highest BCUT2D eigenvalue weighted by Crippen LogP contribution is 2.29. The summed E-state index contributed by atoms with van der Waals surface area (Å²) in [6.45, 7) is 9.75. The monoisotopic (exact) mass is 480 g/mol. The molecule has 1 aromatic carbocycles. The summed E-state index contributed by atoms with van der Waals surface area (Å²) in [5, 5.41) is 13.1. The number of carboxylic acids is 1. The van der Waals surface area contributed by atoms with Crippen LogP contribution in [-0.4, -0.2) is 33.4 Å². The van der Waals surface area contributed by atoms with E-state index in [9.17, 15) is 14.4 Å². The van der Waals surface area contributed by atoms with Crippen LogP contribution in [-0.2, 0) is 31.0 Å². The zero-order valence-electron chi connectivity index (χ0n) is 19.0. The van der Waals surface area contributed by atoms with E-state index in [2.05, 4.69) is 5.10 Å². The lowest BCUT2D eigenvalue weighted by atomic mass is 9.85. The molecule has 1 heterocycles. The molecule has 1 aromatic heterocycles. The zero-order chi connectivity index (χ0) is 24.1. The van der Waals surface area contributed by atoms with E-state index >= 15 is 0 Å². The average molecular weight is 481 g/mol. The van der Waals surface area contributed by atoms with Crippen LogP contribution in [0.1, 0.15) is 58.6 Å². The van der Waals surface area contributed by atoms with E-state index in [4.69, 9.17) is 21.4 Å². The molecule has 2 aromatic rings. The van der Waals surface area contributed by atoms with Gasteiger partial charge in [-0.2, -0.15) is 5.10 Å². The number of ether oxygens (including phenoxy) is 1. The maximum atomic E-state index is 12.5. The van der Waals surface area contributed by atoms with E-state index in [1.54, 1.807) is 6.20 Å². The van der Waals surface area contributed by atoms with Crippen molar-refractivity contribution in [3.05, 3.63) is 57.0 Å². The third-order valence-corrected chi connectivity index (χ3v) is 6.36. The van der Waals surface area contributed by atoms with Crippen molar-refractivity contribution in [2.24, 2.45) is 0 Å². The molecule has 0 bridgehead atoms. The Morgan fingerprint density at radius 2 is 1.75 bits per heavy atom. The molecule has 0 saturated carbocycles. The van der Waals surface area contributed by atoms with Crippen LogP contribution >= 0.6 is 23.4 Å². The van der Waals surface area contributed by atoms with Crippen LogP contribution < -0.4 is 5.56 Å². The fourth-order valence-corrected chi connectivity index (χ4v) is 3.98. The van der Waals surface area contributed by atoms with Gasteiger partial charge in [0.15, 0.2) is 0 Å². The third kappa shape index (κ3) is 7.10. The summed E-state index contributed by atoms with van der Waals surface area (Å²) in [4.78, 5) is 35.4. The molecule has 0 atom stereocenters. The van der Waals surface area contributed by atoms with Crippen LogP contribution in [0, 0.1) is 0 Å². The number of aromatic nitrogens is 2. The summed E-state index contributed by atoms with van der Waals surface area (Å²) in [7, 11) is 0. The van der Waals surface area contributed by atoms with Gasteiger partial charge in [-0.3, -0.25) is 14.4 Å². The highest BCUT2D eigenvalue weighted by atomic mass is 35.5. The number of nitrogens with zero attached hydrogens (tertiary/aromatic N) is 2. The van der Waals surface area contributed by atoms with E-state index in [1.807, 2.05) is 58.9 Å². The van der Waals surface area contributed by atoms with Gasteiger partial charge in [0.25, 0.3) is 5.56 Å². The number of carboxylic acid groups (broad SMARTS) is 1. The second-order valence-electron chi connectivity index (χ2n) is 9.13. The van der Waals surface area contributed by atoms with E-state index in [1.165, 1.54) is 16.4 Å². The molecule has 0 radical (unpaired) electrons. The molecule has 0 aliphatic rings. The lowest BCUT2D eigenvalue weighted by molar-refractivity contribution is -0.148. The van der Waals surface area contributed by atoms with Gasteiger partial charge in [-0.15, -0.1) is 11.8 Å². The number of carbonyl (C=O) groups excluding carboxylic acids is 1. The smallest absolute Gasteiger partial charge is 0.306 e. The van der Waals surface area contributed by atoms with Crippen LogP contribution in [0.25, 0.3) is 0 Å². The number of hydrogen-bond donors (Lipinski definition) is 1. The van der Waals surface area contributed by atoms with Crippen molar-refractivity contribution in [3.8, 4) is 0 Å². The fraction of sp³-hybridized carbons (Fsp3) is 0.478. The summed E-state index contributed by atoms with van der Waals surface area (Å²) in [6, 6.07) is 7.90. The second-order valence-corrected chi connectivity index (χ2v) is 10.5. The molecular formula is C23H29ClN2O5S. The molecule has 0 aliphatic carbocycles. The van der Waals surface area contributed by atoms with Crippen molar-refractivity contribution in [1.29, 1.82) is 0 Å². The minimum atomic E-state index is -1.03. The second kappa shape index (κ2) is 10.5. The first kappa shape index (κ1) is 25.9. The van der Waals surface area contributed by atoms with Crippen molar-refractivity contribution < 1.29 is 19.4 Å². The standard InChI is InChI=1S/C23H29ClN2O5S/c1-22(2,3)26-21(30)20(24)17(12-25-26)32-13-15-6-8-16(9-7-15)23(4,5)14-31-19(29)11-10-18(27)28/h6-9,12H,10-11,13-14H2,1-5H3,(H,27,28). The van der Waals surface area contributed by atoms with E-state index in [0.29, 0.717) is 10.6 Å². The van der Waals surface area contributed by atoms with Gasteiger partial charge in [0.2, 0.25) is 0 Å². The predicted octanol–water partition coefficient (Wildman–Crippen LogP) is 4.63. The Labute approximate surface area is 197 Å². The first-order valence-corrected chi connectivity index (χ1v) is 11.6. The van der Waals surface area contributed by atoms with Gasteiger partial charge in [0.05, 0.1) is 29.5 Å². The van der Waals surface area contributed by atoms with E-state index in [-0.39, 0.29) is 30.0 Å². The number of aliphatic carboxylic acids is 1. The van der Waals surface area contributed by atoms with Crippen molar-refractivity contribution in [1.82, 2.24) is 9.78 Å². The molecule has 2 rings (SSSR count). The first-order chi connectivity index (χ1) is 14.8. The molecule has 32 heavy (non-hydrogen) atoms. The number of carbonyl (C=O) groups is 2. The summed E-state index contributed by atoms with van der Waals surface area (Å²) in [6.07, 6.45) is 1.24. The van der Waals surface area contributed by atoms with Gasteiger partial charge in [0.1, 0.15) is 11.6 Å². The number of halogens is 1. The molecule has 0 fully saturated rings. The van der Waals surface area contributed by atoms with Crippen molar-refractivity contribution in [3.63, 3.8) is 0 Å². The molecule has 0 saturated heterocycles. The maximum absolute atomic E-state index is 12.5. The Bertz CT molecular complexity index is 1030. The highest BCUT2D eigenvalue weighted by Gasteiger charge is 2.23. The molecule has 7 nitrogen and oxygen atoms in total. The normalized spacial score (nSPS) is 11.9. The Kier molecular flexibility index (Phi) is 8.54. The van der Waals surface area contributed by atoms with Gasteiger partial charge in [0, 0.05) is 11.2 Å². The number of hydrogen-bond acceptors (Lipinski definition) is 6. The Hall–Kier alpha value is -2.32. The molecular weight excluding hydrogens is 452 g/mol. The molecule has 174 valence electrons. The lowest BCUT2D eigenvalue weighted by Crippen LogP contribution is -2.36. The summed E-state index contributed by atoms with van der Waals surface area (Å²) < 4.78 is 6.63. The molecule has 9 heteroatoms. The minimum Gasteiger partial charge on any atom is -0.481 e. The Balaban J connectivity index is 1.99. The molecule has 1 N–H and O–H groups in total. The quantitative estimate of drug-likeness (QED) is 0.412. The van der Waals surface area contributed by atoms with E-state index < -0.39 is 22.9 Å². The summed E-state index contributed by atoms with van der Waals surface area (Å²) in [5.41, 5.74) is 0.861.